The third-order valence-corrected chi connectivity index (χ3v) is 3.33. The highest BCUT2D eigenvalue weighted by atomic mass is 16.3. The summed E-state index contributed by atoms with van der Waals surface area (Å²) in [5, 5.41) is 2.75. The van der Waals surface area contributed by atoms with E-state index in [0.29, 0.717) is 18.5 Å². The van der Waals surface area contributed by atoms with E-state index in [0.717, 1.165) is 16.8 Å². The molecule has 2 aromatic rings. The standard InChI is InChI=1S/C15H14N2O3/c1-17(8-10-4-5-20-9-10)15(19)12-3-2-11-7-14(18)16-13(11)6-12/h2-6,9H,7-8H2,1H3,(H,16,18). The Morgan fingerprint density at radius 2 is 2.25 bits per heavy atom. The normalized spacial score (nSPS) is 12.9. The number of nitrogens with zero attached hydrogens (tertiary/aromatic N) is 1. The molecule has 0 unspecified atom stereocenters. The van der Waals surface area contributed by atoms with E-state index in [2.05, 4.69) is 5.32 Å². The van der Waals surface area contributed by atoms with Crippen molar-refractivity contribution in [2.24, 2.45) is 0 Å². The van der Waals surface area contributed by atoms with Crippen molar-refractivity contribution < 1.29 is 14.0 Å². The number of hydrogen-bond donors (Lipinski definition) is 1. The summed E-state index contributed by atoms with van der Waals surface area (Å²) >= 11 is 0. The molecular weight excluding hydrogens is 256 g/mol. The van der Waals surface area contributed by atoms with E-state index in [1.807, 2.05) is 12.1 Å². The number of carbonyl (C=O) groups is 2. The Bertz CT molecular complexity index is 662. The molecule has 1 aliphatic heterocycles. The third-order valence-electron chi connectivity index (χ3n) is 3.33. The molecular formula is C15H14N2O3. The lowest BCUT2D eigenvalue weighted by Gasteiger charge is -2.16. The van der Waals surface area contributed by atoms with Crippen molar-refractivity contribution in [1.29, 1.82) is 0 Å². The summed E-state index contributed by atoms with van der Waals surface area (Å²) in [6, 6.07) is 7.14. The van der Waals surface area contributed by atoms with Crippen LogP contribution >= 0.6 is 0 Å². The predicted octanol–water partition coefficient (Wildman–Crippen LogP) is 2.05. The molecule has 5 heteroatoms. The first-order chi connectivity index (χ1) is 9.63. The topological polar surface area (TPSA) is 62.6 Å². The number of nitrogens with one attached hydrogen (secondary N) is 1. The molecule has 1 N–H and O–H groups in total. The molecule has 5 nitrogen and oxygen atoms in total. The zero-order valence-electron chi connectivity index (χ0n) is 11.1. The lowest BCUT2D eigenvalue weighted by Crippen LogP contribution is -2.26. The number of benzene rings is 1. The van der Waals surface area contributed by atoms with E-state index < -0.39 is 0 Å². The second kappa shape index (κ2) is 4.85. The van der Waals surface area contributed by atoms with Crippen molar-refractivity contribution in [3.05, 3.63) is 53.5 Å². The summed E-state index contributed by atoms with van der Waals surface area (Å²) in [7, 11) is 1.74. The van der Waals surface area contributed by atoms with Crippen LogP contribution in [0.1, 0.15) is 21.5 Å². The highest BCUT2D eigenvalue weighted by Gasteiger charge is 2.20. The molecule has 1 aliphatic rings. The van der Waals surface area contributed by atoms with E-state index in [1.165, 1.54) is 0 Å². The average Bonchev–Trinajstić information content (AvgIpc) is 3.04. The number of hydrogen-bond acceptors (Lipinski definition) is 3. The summed E-state index contributed by atoms with van der Waals surface area (Å²) in [5.41, 5.74) is 3.17. The van der Waals surface area contributed by atoms with Crippen LogP contribution in [0.3, 0.4) is 0 Å². The number of carbonyl (C=O) groups excluding carboxylic acids is 2. The molecule has 20 heavy (non-hydrogen) atoms. The maximum Gasteiger partial charge on any atom is 0.253 e. The number of furan rings is 1. The van der Waals surface area contributed by atoms with Crippen molar-refractivity contribution in [3.8, 4) is 0 Å². The highest BCUT2D eigenvalue weighted by molar-refractivity contribution is 6.02. The van der Waals surface area contributed by atoms with Crippen LogP contribution in [0.2, 0.25) is 0 Å². The fourth-order valence-electron chi connectivity index (χ4n) is 2.30. The molecule has 0 saturated carbocycles. The molecule has 1 aromatic carbocycles. The van der Waals surface area contributed by atoms with Gasteiger partial charge in [0.2, 0.25) is 5.91 Å². The molecule has 0 radical (unpaired) electrons. The van der Waals surface area contributed by atoms with E-state index in [1.54, 1.807) is 36.6 Å². The Morgan fingerprint density at radius 3 is 3.00 bits per heavy atom. The van der Waals surface area contributed by atoms with Gasteiger partial charge < -0.3 is 14.6 Å². The fraction of sp³-hybridized carbons (Fsp3) is 0.200. The highest BCUT2D eigenvalue weighted by Crippen LogP contribution is 2.24. The van der Waals surface area contributed by atoms with Crippen LogP contribution in [0.4, 0.5) is 5.69 Å². The molecule has 0 bridgehead atoms. The summed E-state index contributed by atoms with van der Waals surface area (Å²) in [6.07, 6.45) is 3.58. The summed E-state index contributed by atoms with van der Waals surface area (Å²) in [4.78, 5) is 25.3. The van der Waals surface area contributed by atoms with Gasteiger partial charge in [0.1, 0.15) is 0 Å². The minimum absolute atomic E-state index is 0.0312. The SMILES string of the molecule is CN(Cc1ccoc1)C(=O)c1ccc2c(c1)NC(=O)C2. The van der Waals surface area contributed by atoms with Gasteiger partial charge >= 0.3 is 0 Å². The lowest BCUT2D eigenvalue weighted by atomic mass is 10.1. The van der Waals surface area contributed by atoms with Gasteiger partial charge in [0.15, 0.2) is 0 Å². The Balaban J connectivity index is 1.77. The van der Waals surface area contributed by atoms with E-state index in [9.17, 15) is 9.59 Å². The quantitative estimate of drug-likeness (QED) is 0.928. The minimum Gasteiger partial charge on any atom is -0.472 e. The first kappa shape index (κ1) is 12.5. The molecule has 0 atom stereocenters. The van der Waals surface area contributed by atoms with Crippen LogP contribution in [-0.2, 0) is 17.8 Å². The van der Waals surface area contributed by atoms with Crippen molar-refractivity contribution in [2.75, 3.05) is 12.4 Å². The first-order valence-electron chi connectivity index (χ1n) is 6.33. The summed E-state index contributed by atoms with van der Waals surface area (Å²) in [6.45, 7) is 0.485. The molecule has 2 amide bonds. The number of amides is 2. The van der Waals surface area contributed by atoms with Gasteiger partial charge in [0, 0.05) is 30.4 Å². The molecule has 3 rings (SSSR count). The third kappa shape index (κ3) is 2.30. The van der Waals surface area contributed by atoms with Crippen molar-refractivity contribution in [3.63, 3.8) is 0 Å². The van der Waals surface area contributed by atoms with Crippen LogP contribution in [0, 0.1) is 0 Å². The molecule has 102 valence electrons. The molecule has 2 heterocycles. The largest absolute Gasteiger partial charge is 0.472 e. The fourth-order valence-corrected chi connectivity index (χ4v) is 2.30. The zero-order chi connectivity index (χ0) is 14.1. The average molecular weight is 270 g/mol. The summed E-state index contributed by atoms with van der Waals surface area (Å²) in [5.74, 6) is -0.119. The predicted molar refractivity (Wildman–Crippen MR) is 73.3 cm³/mol. The van der Waals surface area contributed by atoms with Gasteiger partial charge in [0.05, 0.1) is 18.9 Å². The van der Waals surface area contributed by atoms with Gasteiger partial charge in [-0.25, -0.2) is 0 Å². The Labute approximate surface area is 116 Å². The smallest absolute Gasteiger partial charge is 0.253 e. The Hall–Kier alpha value is -2.56. The summed E-state index contributed by atoms with van der Waals surface area (Å²) < 4.78 is 4.99. The number of anilines is 1. The maximum absolute atomic E-state index is 12.3. The van der Waals surface area contributed by atoms with Gasteiger partial charge in [-0.05, 0) is 23.8 Å². The minimum atomic E-state index is -0.0878. The number of rotatable bonds is 3. The van der Waals surface area contributed by atoms with Crippen LogP contribution in [0.25, 0.3) is 0 Å². The lowest BCUT2D eigenvalue weighted by molar-refractivity contribution is -0.115. The van der Waals surface area contributed by atoms with Gasteiger partial charge in [0.25, 0.3) is 5.91 Å². The van der Waals surface area contributed by atoms with Crippen molar-refractivity contribution in [2.45, 2.75) is 13.0 Å². The van der Waals surface area contributed by atoms with Crippen LogP contribution in [0.15, 0.2) is 41.2 Å². The van der Waals surface area contributed by atoms with Gasteiger partial charge in [-0.3, -0.25) is 9.59 Å². The van der Waals surface area contributed by atoms with Gasteiger partial charge in [-0.15, -0.1) is 0 Å². The van der Waals surface area contributed by atoms with E-state index >= 15 is 0 Å². The molecule has 0 spiro atoms. The Kier molecular flexibility index (Phi) is 3.02. The first-order valence-corrected chi connectivity index (χ1v) is 6.33. The monoisotopic (exact) mass is 270 g/mol. The van der Waals surface area contributed by atoms with Crippen molar-refractivity contribution >= 4 is 17.5 Å². The zero-order valence-corrected chi connectivity index (χ0v) is 11.1. The number of fused-ring (bicyclic) bond motifs is 1. The van der Waals surface area contributed by atoms with Gasteiger partial charge in [-0.1, -0.05) is 6.07 Å². The van der Waals surface area contributed by atoms with Crippen molar-refractivity contribution in [1.82, 2.24) is 4.90 Å². The Morgan fingerprint density at radius 1 is 1.40 bits per heavy atom. The maximum atomic E-state index is 12.3. The van der Waals surface area contributed by atoms with Crippen LogP contribution < -0.4 is 5.32 Å². The van der Waals surface area contributed by atoms with Crippen LogP contribution in [0.5, 0.6) is 0 Å². The molecule has 0 fully saturated rings. The second-order valence-electron chi connectivity index (χ2n) is 4.89. The molecule has 0 saturated heterocycles. The second-order valence-corrected chi connectivity index (χ2v) is 4.89. The molecule has 0 aliphatic carbocycles. The van der Waals surface area contributed by atoms with Crippen LogP contribution in [-0.4, -0.2) is 23.8 Å². The van der Waals surface area contributed by atoms with Gasteiger partial charge in [-0.2, -0.15) is 0 Å². The van der Waals surface area contributed by atoms with E-state index in [4.69, 9.17) is 4.42 Å². The molecule has 1 aromatic heterocycles. The van der Waals surface area contributed by atoms with E-state index in [-0.39, 0.29) is 11.8 Å².